The van der Waals surface area contributed by atoms with Crippen molar-refractivity contribution in [1.82, 2.24) is 0 Å². The van der Waals surface area contributed by atoms with Crippen molar-refractivity contribution in [3.63, 3.8) is 0 Å². The van der Waals surface area contributed by atoms with Crippen LogP contribution in [0.1, 0.15) is 15.9 Å². The monoisotopic (exact) mass is 362 g/mol. The van der Waals surface area contributed by atoms with Gasteiger partial charge in [-0.15, -0.1) is 0 Å². The van der Waals surface area contributed by atoms with Crippen LogP contribution >= 0.6 is 0 Å². The van der Waals surface area contributed by atoms with Crippen LogP contribution in [-0.4, -0.2) is 47.0 Å². The van der Waals surface area contributed by atoms with Gasteiger partial charge in [0.15, 0.2) is 28.8 Å². The fourth-order valence-electron chi connectivity index (χ4n) is 2.99. The average molecular weight is 362 g/mol. The van der Waals surface area contributed by atoms with E-state index in [1.165, 1.54) is 26.4 Å². The van der Waals surface area contributed by atoms with E-state index in [1.807, 2.05) is 0 Å². The highest BCUT2D eigenvalue weighted by Crippen LogP contribution is 2.54. The first kappa shape index (κ1) is 17.5. The van der Waals surface area contributed by atoms with Crippen LogP contribution in [0.5, 0.6) is 40.2 Å². The third-order valence-electron chi connectivity index (χ3n) is 4.29. The topological polar surface area (TPSA) is 126 Å². The molecule has 26 heavy (non-hydrogen) atoms. The second-order valence-corrected chi connectivity index (χ2v) is 5.87. The van der Waals surface area contributed by atoms with Gasteiger partial charge in [-0.3, -0.25) is 4.79 Å². The van der Waals surface area contributed by atoms with Crippen molar-refractivity contribution in [2.75, 3.05) is 20.8 Å². The number of methoxy groups -OCH3 is 2. The highest BCUT2D eigenvalue weighted by Gasteiger charge is 2.38. The number of Topliss-reactive ketones (excluding diaryl/α,β-unsaturated/α-hetero) is 1. The minimum atomic E-state index is -0.658. The number of fused-ring (bicyclic) bond motifs is 1. The predicted molar refractivity (Wildman–Crippen MR) is 89.7 cm³/mol. The van der Waals surface area contributed by atoms with E-state index < -0.39 is 23.2 Å². The number of ether oxygens (including phenoxy) is 3. The molecule has 3 rings (SSSR count). The molecule has 2 aromatic carbocycles. The molecule has 0 saturated heterocycles. The minimum Gasteiger partial charge on any atom is -0.504 e. The summed E-state index contributed by atoms with van der Waals surface area (Å²) in [5, 5.41) is 39.3. The summed E-state index contributed by atoms with van der Waals surface area (Å²) < 4.78 is 15.8. The molecule has 2 aromatic rings. The number of rotatable bonds is 4. The first-order valence-corrected chi connectivity index (χ1v) is 7.76. The van der Waals surface area contributed by atoms with Gasteiger partial charge in [-0.1, -0.05) is 6.07 Å². The zero-order chi connectivity index (χ0) is 19.0. The highest BCUT2D eigenvalue weighted by molar-refractivity contribution is 6.06. The molecule has 1 aliphatic heterocycles. The lowest BCUT2D eigenvalue weighted by Gasteiger charge is -2.27. The highest BCUT2D eigenvalue weighted by atomic mass is 16.5. The Kier molecular flexibility index (Phi) is 4.41. The molecule has 0 fully saturated rings. The molecule has 0 radical (unpaired) electrons. The van der Waals surface area contributed by atoms with E-state index in [9.17, 15) is 25.2 Å². The predicted octanol–water partition coefficient (Wildman–Crippen LogP) is 1.96. The SMILES string of the molecule is COc1c(O)c(O)c2c(c1OC)OCC(Cc1ccc(O)c(O)c1)C2=O. The van der Waals surface area contributed by atoms with Gasteiger partial charge in [0.05, 0.1) is 26.7 Å². The molecule has 1 unspecified atom stereocenters. The van der Waals surface area contributed by atoms with Crippen molar-refractivity contribution in [3.05, 3.63) is 29.3 Å². The summed E-state index contributed by atoms with van der Waals surface area (Å²) in [6.07, 6.45) is 0.209. The van der Waals surface area contributed by atoms with Gasteiger partial charge in [0, 0.05) is 0 Å². The summed E-state index contributed by atoms with van der Waals surface area (Å²) in [5.74, 6) is -2.99. The molecule has 0 spiro atoms. The summed E-state index contributed by atoms with van der Waals surface area (Å²) in [7, 11) is 2.61. The lowest BCUT2D eigenvalue weighted by Crippen LogP contribution is -2.30. The number of phenolic OH excluding ortho intramolecular Hbond substituents is 4. The molecule has 0 amide bonds. The Labute approximate surface area is 148 Å². The van der Waals surface area contributed by atoms with E-state index in [4.69, 9.17) is 14.2 Å². The van der Waals surface area contributed by atoms with Crippen molar-refractivity contribution in [1.29, 1.82) is 0 Å². The summed E-state index contributed by atoms with van der Waals surface area (Å²) in [6.45, 7) is 0.0111. The molecule has 0 aromatic heterocycles. The van der Waals surface area contributed by atoms with Crippen molar-refractivity contribution >= 4 is 5.78 Å². The van der Waals surface area contributed by atoms with E-state index >= 15 is 0 Å². The van der Waals surface area contributed by atoms with Crippen LogP contribution in [0.4, 0.5) is 0 Å². The number of benzene rings is 2. The molecule has 8 nitrogen and oxygen atoms in total. The number of hydrogen-bond acceptors (Lipinski definition) is 8. The fraction of sp³-hybridized carbons (Fsp3) is 0.278. The number of carbonyl (C=O) groups excluding carboxylic acids is 1. The largest absolute Gasteiger partial charge is 0.504 e. The Morgan fingerprint density at radius 2 is 1.73 bits per heavy atom. The molecule has 1 aliphatic rings. The number of phenols is 4. The zero-order valence-corrected chi connectivity index (χ0v) is 14.1. The van der Waals surface area contributed by atoms with Crippen LogP contribution in [0, 0.1) is 5.92 Å². The summed E-state index contributed by atoms with van der Waals surface area (Å²) in [5.41, 5.74) is 0.425. The number of aromatic hydroxyl groups is 4. The lowest BCUT2D eigenvalue weighted by atomic mass is 9.88. The molecule has 0 aliphatic carbocycles. The number of ketones is 1. The fourth-order valence-corrected chi connectivity index (χ4v) is 2.99. The molecular formula is C18H18O8. The van der Waals surface area contributed by atoms with Gasteiger partial charge >= 0.3 is 0 Å². The molecule has 4 N–H and O–H groups in total. The zero-order valence-electron chi connectivity index (χ0n) is 14.1. The Morgan fingerprint density at radius 3 is 2.35 bits per heavy atom. The van der Waals surface area contributed by atoms with Crippen molar-refractivity contribution in [2.24, 2.45) is 5.92 Å². The van der Waals surface area contributed by atoms with Gasteiger partial charge in [0.2, 0.25) is 17.2 Å². The Morgan fingerprint density at radius 1 is 1.04 bits per heavy atom. The van der Waals surface area contributed by atoms with Gasteiger partial charge in [0.25, 0.3) is 0 Å². The van der Waals surface area contributed by atoms with E-state index in [-0.39, 0.29) is 47.3 Å². The van der Waals surface area contributed by atoms with Gasteiger partial charge in [0.1, 0.15) is 5.56 Å². The van der Waals surface area contributed by atoms with Crippen molar-refractivity contribution in [2.45, 2.75) is 6.42 Å². The number of carbonyl (C=O) groups is 1. The molecule has 8 heteroatoms. The smallest absolute Gasteiger partial charge is 0.211 e. The van der Waals surface area contributed by atoms with E-state index in [2.05, 4.69) is 0 Å². The maximum absolute atomic E-state index is 12.9. The van der Waals surface area contributed by atoms with Gasteiger partial charge in [-0.2, -0.15) is 0 Å². The molecule has 0 saturated carbocycles. The quantitative estimate of drug-likeness (QED) is 0.608. The van der Waals surface area contributed by atoms with Gasteiger partial charge in [-0.25, -0.2) is 0 Å². The van der Waals surface area contributed by atoms with E-state index in [0.29, 0.717) is 5.56 Å². The normalized spacial score (nSPS) is 15.9. The third kappa shape index (κ3) is 2.69. The maximum Gasteiger partial charge on any atom is 0.211 e. The average Bonchev–Trinajstić information content (AvgIpc) is 2.62. The van der Waals surface area contributed by atoms with Crippen molar-refractivity contribution in [3.8, 4) is 40.2 Å². The molecule has 1 heterocycles. The second-order valence-electron chi connectivity index (χ2n) is 5.87. The third-order valence-corrected chi connectivity index (χ3v) is 4.29. The minimum absolute atomic E-state index is 0.00875. The van der Waals surface area contributed by atoms with Crippen molar-refractivity contribution < 1.29 is 39.4 Å². The van der Waals surface area contributed by atoms with Crippen LogP contribution < -0.4 is 14.2 Å². The molecule has 138 valence electrons. The molecule has 0 bridgehead atoms. The summed E-state index contributed by atoms with van der Waals surface area (Å²) >= 11 is 0. The Bertz CT molecular complexity index is 874. The second kappa shape index (κ2) is 6.55. The lowest BCUT2D eigenvalue weighted by molar-refractivity contribution is 0.0818. The molecular weight excluding hydrogens is 344 g/mol. The van der Waals surface area contributed by atoms with Crippen LogP contribution in [0.2, 0.25) is 0 Å². The first-order valence-electron chi connectivity index (χ1n) is 7.76. The standard InChI is InChI=1S/C18H18O8/c1-24-17-15(23)14(22)12-13(21)9(7-26-16(12)18(17)25-2)5-8-3-4-10(19)11(20)6-8/h3-4,6,9,19-20,22-23H,5,7H2,1-2H3. The van der Waals surface area contributed by atoms with Crippen LogP contribution in [0.25, 0.3) is 0 Å². The Balaban J connectivity index is 2.00. The van der Waals surface area contributed by atoms with E-state index in [0.717, 1.165) is 0 Å². The van der Waals surface area contributed by atoms with Crippen LogP contribution in [0.15, 0.2) is 18.2 Å². The van der Waals surface area contributed by atoms with E-state index in [1.54, 1.807) is 6.07 Å². The van der Waals surface area contributed by atoms with Gasteiger partial charge in [-0.05, 0) is 24.1 Å². The number of hydrogen-bond donors (Lipinski definition) is 4. The summed E-state index contributed by atoms with van der Waals surface area (Å²) in [4.78, 5) is 12.9. The van der Waals surface area contributed by atoms with Gasteiger partial charge < -0.3 is 34.6 Å². The Hall–Kier alpha value is -3.29. The van der Waals surface area contributed by atoms with Crippen LogP contribution in [0.3, 0.4) is 0 Å². The maximum atomic E-state index is 12.9. The molecule has 1 atom stereocenters. The first-order chi connectivity index (χ1) is 12.4. The summed E-state index contributed by atoms with van der Waals surface area (Å²) in [6, 6.07) is 4.25. The van der Waals surface area contributed by atoms with Crippen LogP contribution in [-0.2, 0) is 6.42 Å².